The Morgan fingerprint density at radius 2 is 1.79 bits per heavy atom. The molecule has 1 aliphatic heterocycles. The molecular formula is C21H24F3NO3. The molecule has 0 N–H and O–H groups in total. The molecule has 28 heavy (non-hydrogen) atoms. The van der Waals surface area contributed by atoms with Crippen molar-refractivity contribution in [1.82, 2.24) is 4.90 Å². The van der Waals surface area contributed by atoms with Crippen molar-refractivity contribution in [2.75, 3.05) is 26.8 Å². The van der Waals surface area contributed by atoms with Gasteiger partial charge in [-0.15, -0.1) is 0 Å². The zero-order valence-corrected chi connectivity index (χ0v) is 16.0. The number of rotatable bonds is 5. The molecular weight excluding hydrogens is 371 g/mol. The summed E-state index contributed by atoms with van der Waals surface area (Å²) in [5, 5.41) is 1.57. The van der Waals surface area contributed by atoms with Crippen LogP contribution in [0.25, 0.3) is 10.8 Å². The number of carbonyl (C=O) groups is 1. The average Bonchev–Trinajstić information content (AvgIpc) is 2.67. The van der Waals surface area contributed by atoms with E-state index in [-0.39, 0.29) is 30.5 Å². The third-order valence-electron chi connectivity index (χ3n) is 5.20. The van der Waals surface area contributed by atoms with E-state index >= 15 is 0 Å². The predicted octanol–water partition coefficient (Wildman–Crippen LogP) is 4.73. The number of hydrogen-bond donors (Lipinski definition) is 0. The molecule has 152 valence electrons. The lowest BCUT2D eigenvalue weighted by Crippen LogP contribution is -2.44. The molecule has 0 amide bonds. The molecule has 0 radical (unpaired) electrons. The molecule has 0 aromatic heterocycles. The van der Waals surface area contributed by atoms with Crippen molar-refractivity contribution in [2.24, 2.45) is 5.92 Å². The van der Waals surface area contributed by atoms with Crippen LogP contribution in [0.5, 0.6) is 5.75 Å². The number of esters is 1. The second kappa shape index (κ2) is 8.39. The first-order valence-corrected chi connectivity index (χ1v) is 9.38. The molecule has 1 unspecified atom stereocenters. The van der Waals surface area contributed by atoms with Gasteiger partial charge >= 0.3 is 12.1 Å². The first kappa shape index (κ1) is 20.5. The van der Waals surface area contributed by atoms with Gasteiger partial charge in [0, 0.05) is 0 Å². The van der Waals surface area contributed by atoms with Gasteiger partial charge in [-0.1, -0.05) is 18.2 Å². The molecule has 0 spiro atoms. The second-order valence-corrected chi connectivity index (χ2v) is 6.98. The summed E-state index contributed by atoms with van der Waals surface area (Å²) in [7, 11) is 1.30. The number of hydrogen-bond acceptors (Lipinski definition) is 4. The fourth-order valence-electron chi connectivity index (χ4n) is 3.84. The average molecular weight is 395 g/mol. The van der Waals surface area contributed by atoms with Crippen LogP contribution in [-0.4, -0.2) is 43.9 Å². The van der Waals surface area contributed by atoms with Crippen molar-refractivity contribution in [3.8, 4) is 5.75 Å². The van der Waals surface area contributed by atoms with Crippen LogP contribution in [0, 0.1) is 5.92 Å². The molecule has 1 fully saturated rings. The highest BCUT2D eigenvalue weighted by Crippen LogP contribution is 2.40. The van der Waals surface area contributed by atoms with Crippen LogP contribution in [0.1, 0.15) is 31.4 Å². The Hall–Kier alpha value is -2.28. The smallest absolute Gasteiger partial charge is 0.408 e. The largest absolute Gasteiger partial charge is 0.494 e. The first-order valence-electron chi connectivity index (χ1n) is 9.38. The van der Waals surface area contributed by atoms with Crippen molar-refractivity contribution in [2.45, 2.75) is 32.0 Å². The van der Waals surface area contributed by atoms with Gasteiger partial charge < -0.3 is 9.47 Å². The summed E-state index contributed by atoms with van der Waals surface area (Å²) in [4.78, 5) is 13.1. The quantitative estimate of drug-likeness (QED) is 0.687. The van der Waals surface area contributed by atoms with Crippen molar-refractivity contribution >= 4 is 16.7 Å². The minimum absolute atomic E-state index is 0.200. The molecule has 3 rings (SSSR count). The molecule has 0 bridgehead atoms. The van der Waals surface area contributed by atoms with Crippen molar-refractivity contribution in [1.29, 1.82) is 0 Å². The summed E-state index contributed by atoms with van der Waals surface area (Å²) in [6, 6.07) is 8.50. The van der Waals surface area contributed by atoms with Crippen LogP contribution in [0.3, 0.4) is 0 Å². The minimum Gasteiger partial charge on any atom is -0.494 e. The standard InChI is InChI=1S/C21H24F3NO3/c1-3-28-18-7-6-15-12-17(5-4-16(15)13-18)19(21(22,23)24)25-10-8-14(9-11-25)20(26)27-2/h4-7,12-14,19H,3,8-11H2,1-2H3. The molecule has 1 saturated heterocycles. The highest BCUT2D eigenvalue weighted by atomic mass is 19.4. The van der Waals surface area contributed by atoms with E-state index in [4.69, 9.17) is 9.47 Å². The van der Waals surface area contributed by atoms with Crippen LogP contribution >= 0.6 is 0 Å². The molecule has 2 aromatic carbocycles. The van der Waals surface area contributed by atoms with E-state index in [0.29, 0.717) is 25.2 Å². The van der Waals surface area contributed by atoms with Gasteiger partial charge in [0.2, 0.25) is 0 Å². The van der Waals surface area contributed by atoms with Crippen LogP contribution in [0.4, 0.5) is 13.2 Å². The summed E-state index contributed by atoms with van der Waals surface area (Å²) >= 11 is 0. The normalized spacial score (nSPS) is 17.5. The third kappa shape index (κ3) is 4.41. The second-order valence-electron chi connectivity index (χ2n) is 6.98. The number of benzene rings is 2. The van der Waals surface area contributed by atoms with Crippen LogP contribution in [0.2, 0.25) is 0 Å². The van der Waals surface area contributed by atoms with Crippen LogP contribution in [-0.2, 0) is 9.53 Å². The maximum absolute atomic E-state index is 13.9. The van der Waals surface area contributed by atoms with Gasteiger partial charge in [0.15, 0.2) is 0 Å². The van der Waals surface area contributed by atoms with Gasteiger partial charge in [0.1, 0.15) is 11.8 Å². The summed E-state index contributed by atoms with van der Waals surface area (Å²) in [6.07, 6.45) is -3.67. The Morgan fingerprint density at radius 1 is 1.14 bits per heavy atom. The van der Waals surface area contributed by atoms with E-state index in [1.165, 1.54) is 18.1 Å². The van der Waals surface area contributed by atoms with Gasteiger partial charge in [-0.05, 0) is 67.4 Å². The van der Waals surface area contributed by atoms with E-state index in [9.17, 15) is 18.0 Å². The summed E-state index contributed by atoms with van der Waals surface area (Å²) in [6.45, 7) is 2.81. The molecule has 7 heteroatoms. The van der Waals surface area contributed by atoms with E-state index in [2.05, 4.69) is 0 Å². The Kier molecular flexibility index (Phi) is 6.13. The SMILES string of the molecule is CCOc1ccc2cc(C(N3CCC(C(=O)OC)CC3)C(F)(F)F)ccc2c1. The summed E-state index contributed by atoms with van der Waals surface area (Å²) in [5.41, 5.74) is 0.209. The Morgan fingerprint density at radius 3 is 2.39 bits per heavy atom. The zero-order valence-electron chi connectivity index (χ0n) is 16.0. The van der Waals surface area contributed by atoms with E-state index in [1.807, 2.05) is 13.0 Å². The molecule has 0 aliphatic carbocycles. The molecule has 1 heterocycles. The van der Waals surface area contributed by atoms with Gasteiger partial charge in [-0.2, -0.15) is 13.2 Å². The van der Waals surface area contributed by atoms with E-state index < -0.39 is 12.2 Å². The minimum atomic E-state index is -4.41. The number of nitrogens with zero attached hydrogens (tertiary/aromatic N) is 1. The number of ether oxygens (including phenoxy) is 2. The van der Waals surface area contributed by atoms with E-state index in [0.717, 1.165) is 10.8 Å². The lowest BCUT2D eigenvalue weighted by molar-refractivity contribution is -0.190. The van der Waals surface area contributed by atoms with Gasteiger partial charge in [0.25, 0.3) is 0 Å². The van der Waals surface area contributed by atoms with E-state index in [1.54, 1.807) is 24.3 Å². The van der Waals surface area contributed by atoms with Gasteiger partial charge in [-0.3, -0.25) is 9.69 Å². The maximum atomic E-state index is 13.9. The van der Waals surface area contributed by atoms with Crippen LogP contribution < -0.4 is 4.74 Å². The number of alkyl halides is 3. The molecule has 4 nitrogen and oxygen atoms in total. The lowest BCUT2D eigenvalue weighted by Gasteiger charge is -2.37. The predicted molar refractivity (Wildman–Crippen MR) is 100 cm³/mol. The summed E-state index contributed by atoms with van der Waals surface area (Å²) in [5.74, 6) is 0.0164. The molecule has 0 saturated carbocycles. The molecule has 2 aromatic rings. The first-order chi connectivity index (χ1) is 13.3. The van der Waals surface area contributed by atoms with Gasteiger partial charge in [-0.25, -0.2) is 0 Å². The number of methoxy groups -OCH3 is 1. The fourth-order valence-corrected chi connectivity index (χ4v) is 3.84. The van der Waals surface area contributed by atoms with Crippen molar-refractivity contribution < 1.29 is 27.4 Å². The van der Waals surface area contributed by atoms with Crippen LogP contribution in [0.15, 0.2) is 36.4 Å². The number of likely N-dealkylation sites (tertiary alicyclic amines) is 1. The number of halogens is 3. The lowest BCUT2D eigenvalue weighted by atomic mass is 9.93. The topological polar surface area (TPSA) is 38.8 Å². The number of piperidine rings is 1. The Labute approximate surface area is 162 Å². The number of fused-ring (bicyclic) bond motifs is 1. The van der Waals surface area contributed by atoms with Crippen molar-refractivity contribution in [3.63, 3.8) is 0 Å². The number of carbonyl (C=O) groups excluding carboxylic acids is 1. The highest BCUT2D eigenvalue weighted by molar-refractivity contribution is 5.84. The zero-order chi connectivity index (χ0) is 20.3. The molecule has 1 aliphatic rings. The Bertz CT molecular complexity index is 829. The molecule has 1 atom stereocenters. The highest BCUT2D eigenvalue weighted by Gasteiger charge is 2.46. The fraction of sp³-hybridized carbons (Fsp3) is 0.476. The maximum Gasteiger partial charge on any atom is 0.408 e. The third-order valence-corrected chi connectivity index (χ3v) is 5.20. The Balaban J connectivity index is 1.86. The van der Waals surface area contributed by atoms with Crippen molar-refractivity contribution in [3.05, 3.63) is 42.0 Å². The van der Waals surface area contributed by atoms with Gasteiger partial charge in [0.05, 0.1) is 19.6 Å². The summed E-state index contributed by atoms with van der Waals surface area (Å²) < 4.78 is 51.9. The monoisotopic (exact) mass is 395 g/mol.